The van der Waals surface area contributed by atoms with E-state index in [9.17, 15) is 0 Å². The maximum atomic E-state index is 6.14. The van der Waals surface area contributed by atoms with Gasteiger partial charge < -0.3 is 18.9 Å². The van der Waals surface area contributed by atoms with Crippen molar-refractivity contribution in [3.05, 3.63) is 46.8 Å². The summed E-state index contributed by atoms with van der Waals surface area (Å²) in [6, 6.07) is 0. The van der Waals surface area contributed by atoms with Crippen LogP contribution in [0, 0.1) is 5.92 Å². The molecular formula is C21H32O4. The van der Waals surface area contributed by atoms with Crippen LogP contribution >= 0.6 is 0 Å². The van der Waals surface area contributed by atoms with Crippen molar-refractivity contribution in [3.63, 3.8) is 0 Å². The van der Waals surface area contributed by atoms with Crippen LogP contribution in [0.4, 0.5) is 0 Å². The topological polar surface area (TPSA) is 36.9 Å². The second-order valence-corrected chi connectivity index (χ2v) is 7.80. The van der Waals surface area contributed by atoms with Crippen molar-refractivity contribution < 1.29 is 18.9 Å². The van der Waals surface area contributed by atoms with E-state index in [1.165, 1.54) is 5.57 Å². The maximum absolute atomic E-state index is 6.14. The summed E-state index contributed by atoms with van der Waals surface area (Å²) in [6.45, 7) is 13.3. The van der Waals surface area contributed by atoms with Gasteiger partial charge in [0.05, 0.1) is 19.8 Å². The third-order valence-corrected chi connectivity index (χ3v) is 4.19. The van der Waals surface area contributed by atoms with Crippen LogP contribution in [0.25, 0.3) is 0 Å². The van der Waals surface area contributed by atoms with E-state index in [1.54, 1.807) is 14.2 Å². The lowest BCUT2D eigenvalue weighted by Gasteiger charge is -2.25. The Kier molecular flexibility index (Phi) is 6.39. The molecule has 0 bridgehead atoms. The molecule has 0 aromatic heterocycles. The molecule has 0 spiro atoms. The van der Waals surface area contributed by atoms with Crippen molar-refractivity contribution in [3.8, 4) is 0 Å². The molecule has 1 saturated carbocycles. The van der Waals surface area contributed by atoms with Crippen molar-refractivity contribution >= 4 is 0 Å². The van der Waals surface area contributed by atoms with Crippen LogP contribution in [-0.2, 0) is 18.9 Å². The number of allylic oxidation sites excluding steroid dienone is 3. The summed E-state index contributed by atoms with van der Waals surface area (Å²) >= 11 is 0. The molecule has 1 atom stereocenters. The van der Waals surface area contributed by atoms with Crippen LogP contribution < -0.4 is 0 Å². The molecule has 4 nitrogen and oxygen atoms in total. The summed E-state index contributed by atoms with van der Waals surface area (Å²) in [5.41, 5.74) is 2.00. The average molecular weight is 348 g/mol. The third-order valence-electron chi connectivity index (χ3n) is 4.19. The van der Waals surface area contributed by atoms with Gasteiger partial charge >= 0.3 is 0 Å². The Morgan fingerprint density at radius 1 is 1.28 bits per heavy atom. The first kappa shape index (κ1) is 19.6. The molecule has 25 heavy (non-hydrogen) atoms. The molecule has 2 aliphatic rings. The molecule has 0 saturated heterocycles. The first-order valence-corrected chi connectivity index (χ1v) is 9.01. The van der Waals surface area contributed by atoms with Crippen LogP contribution in [0.5, 0.6) is 0 Å². The first-order chi connectivity index (χ1) is 11.7. The monoisotopic (exact) mass is 348 g/mol. The normalized spacial score (nSPS) is 18.6. The molecule has 0 aromatic carbocycles. The Morgan fingerprint density at radius 2 is 1.96 bits per heavy atom. The lowest BCUT2D eigenvalue weighted by molar-refractivity contribution is -0.0208. The van der Waals surface area contributed by atoms with Gasteiger partial charge in [-0.1, -0.05) is 13.5 Å². The zero-order valence-corrected chi connectivity index (χ0v) is 16.5. The number of hydrogen-bond donors (Lipinski definition) is 0. The Bertz CT molecular complexity index is 596. The lowest BCUT2D eigenvalue weighted by Crippen LogP contribution is -2.22. The summed E-state index contributed by atoms with van der Waals surface area (Å²) < 4.78 is 23.1. The average Bonchev–Trinajstić information content (AvgIpc) is 3.36. The fourth-order valence-electron chi connectivity index (χ4n) is 2.66. The molecule has 4 heteroatoms. The lowest BCUT2D eigenvalue weighted by atomic mass is 10.0. The molecule has 0 N–H and O–H groups in total. The molecular weight excluding hydrogens is 316 g/mol. The van der Waals surface area contributed by atoms with Gasteiger partial charge in [0.15, 0.2) is 11.5 Å². The smallest absolute Gasteiger partial charge is 0.211 e. The van der Waals surface area contributed by atoms with Crippen LogP contribution in [0.3, 0.4) is 0 Å². The minimum absolute atomic E-state index is 0.101. The van der Waals surface area contributed by atoms with E-state index in [4.69, 9.17) is 18.9 Å². The highest BCUT2D eigenvalue weighted by molar-refractivity contribution is 5.47. The van der Waals surface area contributed by atoms with Gasteiger partial charge in [-0.25, -0.2) is 0 Å². The van der Waals surface area contributed by atoms with Gasteiger partial charge in [0.2, 0.25) is 5.76 Å². The SMILES string of the molecule is C=C1C=C(CCC(C)COC(C)(C)C)OC(C(OC)=C2CC2)=C1OC. The molecule has 1 fully saturated rings. The zero-order valence-electron chi connectivity index (χ0n) is 16.5. The van der Waals surface area contributed by atoms with Gasteiger partial charge in [-0.15, -0.1) is 0 Å². The van der Waals surface area contributed by atoms with E-state index >= 15 is 0 Å². The second kappa shape index (κ2) is 8.13. The van der Waals surface area contributed by atoms with Crippen molar-refractivity contribution in [1.29, 1.82) is 0 Å². The van der Waals surface area contributed by atoms with Gasteiger partial charge in [0.1, 0.15) is 5.76 Å². The Morgan fingerprint density at radius 3 is 2.48 bits per heavy atom. The van der Waals surface area contributed by atoms with Crippen molar-refractivity contribution in [2.75, 3.05) is 20.8 Å². The molecule has 140 valence electrons. The quantitative estimate of drug-likeness (QED) is 0.562. The molecule has 1 aliphatic heterocycles. The molecule has 2 rings (SSSR count). The van der Waals surface area contributed by atoms with E-state index in [1.807, 2.05) is 6.08 Å². The summed E-state index contributed by atoms with van der Waals surface area (Å²) in [5, 5.41) is 0. The summed E-state index contributed by atoms with van der Waals surface area (Å²) in [5.74, 6) is 3.48. The number of methoxy groups -OCH3 is 2. The Balaban J connectivity index is 2.00. The standard InChI is InChI=1S/C21H32O4/c1-14(13-24-21(3,4)5)8-11-17-12-15(2)18(22-6)20(25-17)19(23-7)16-9-10-16/h12,14H,2,8-11,13H2,1,3-7H3. The van der Waals surface area contributed by atoms with E-state index in [2.05, 4.69) is 34.3 Å². The molecule has 1 aliphatic carbocycles. The van der Waals surface area contributed by atoms with E-state index < -0.39 is 0 Å². The highest BCUT2D eigenvalue weighted by Crippen LogP contribution is 2.40. The summed E-state index contributed by atoms with van der Waals surface area (Å²) in [6.07, 6.45) is 5.90. The Labute approximate surface area is 152 Å². The molecule has 0 radical (unpaired) electrons. The van der Waals surface area contributed by atoms with E-state index in [0.29, 0.717) is 17.4 Å². The highest BCUT2D eigenvalue weighted by Gasteiger charge is 2.29. The van der Waals surface area contributed by atoms with Gasteiger partial charge in [-0.2, -0.15) is 0 Å². The predicted molar refractivity (Wildman–Crippen MR) is 99.7 cm³/mol. The van der Waals surface area contributed by atoms with Crippen LogP contribution in [0.15, 0.2) is 46.8 Å². The van der Waals surface area contributed by atoms with Gasteiger partial charge in [0, 0.05) is 18.6 Å². The highest BCUT2D eigenvalue weighted by atomic mass is 16.5. The van der Waals surface area contributed by atoms with E-state index in [-0.39, 0.29) is 5.60 Å². The minimum atomic E-state index is -0.101. The van der Waals surface area contributed by atoms with Crippen molar-refractivity contribution in [1.82, 2.24) is 0 Å². The largest absolute Gasteiger partial charge is 0.493 e. The van der Waals surface area contributed by atoms with Crippen LogP contribution in [-0.4, -0.2) is 26.4 Å². The third kappa shape index (κ3) is 5.67. The number of ether oxygens (including phenoxy) is 4. The summed E-state index contributed by atoms with van der Waals surface area (Å²) in [7, 11) is 3.32. The fourth-order valence-corrected chi connectivity index (χ4v) is 2.66. The summed E-state index contributed by atoms with van der Waals surface area (Å²) in [4.78, 5) is 0. The zero-order chi connectivity index (χ0) is 18.6. The van der Waals surface area contributed by atoms with Crippen LogP contribution in [0.2, 0.25) is 0 Å². The van der Waals surface area contributed by atoms with Crippen molar-refractivity contribution in [2.24, 2.45) is 5.92 Å². The van der Waals surface area contributed by atoms with Gasteiger partial charge in [-0.3, -0.25) is 0 Å². The number of rotatable bonds is 8. The van der Waals surface area contributed by atoms with Gasteiger partial charge in [-0.05, 0) is 57.6 Å². The van der Waals surface area contributed by atoms with Crippen LogP contribution in [0.1, 0.15) is 53.4 Å². The van der Waals surface area contributed by atoms with Gasteiger partial charge in [0.25, 0.3) is 0 Å². The van der Waals surface area contributed by atoms with Crippen molar-refractivity contribution in [2.45, 2.75) is 59.0 Å². The number of hydrogen-bond acceptors (Lipinski definition) is 4. The molecule has 0 aromatic rings. The predicted octanol–water partition coefficient (Wildman–Crippen LogP) is 5.24. The maximum Gasteiger partial charge on any atom is 0.211 e. The molecule has 1 heterocycles. The minimum Gasteiger partial charge on any atom is -0.493 e. The Hall–Kier alpha value is -1.68. The molecule has 1 unspecified atom stereocenters. The van der Waals surface area contributed by atoms with E-state index in [0.717, 1.165) is 49.4 Å². The second-order valence-electron chi connectivity index (χ2n) is 7.80. The molecule has 0 amide bonds. The fraction of sp³-hybridized carbons (Fsp3) is 0.619. The first-order valence-electron chi connectivity index (χ1n) is 9.01.